The zero-order valence-corrected chi connectivity index (χ0v) is 26.1. The van der Waals surface area contributed by atoms with E-state index in [9.17, 15) is 0 Å². The average molecular weight is 571 g/mol. The molecule has 184 valence electrons. The Morgan fingerprint density at radius 2 is 1.22 bits per heavy atom. The van der Waals surface area contributed by atoms with Crippen molar-refractivity contribution in [1.82, 2.24) is 18.7 Å². The van der Waals surface area contributed by atoms with Gasteiger partial charge in [-0.1, -0.05) is 51.1 Å². The molecule has 0 fully saturated rings. The Labute approximate surface area is 232 Å². The van der Waals surface area contributed by atoms with Crippen LogP contribution in [0, 0.1) is 22.9 Å². The molecule has 0 radical (unpaired) electrons. The molecular weight excluding hydrogens is 545 g/mol. The number of thiophene rings is 2. The summed E-state index contributed by atoms with van der Waals surface area (Å²) in [5.74, 6) is 6.77. The lowest BCUT2D eigenvalue weighted by atomic mass is 10.0. The molecule has 0 unspecified atom stereocenters. The van der Waals surface area contributed by atoms with Gasteiger partial charge >= 0.3 is 0 Å². The van der Waals surface area contributed by atoms with Gasteiger partial charge in [0.1, 0.15) is 32.9 Å². The third-order valence-corrected chi connectivity index (χ3v) is 9.48. The number of aromatic nitrogens is 4. The van der Waals surface area contributed by atoms with Crippen LogP contribution in [0.4, 0.5) is 0 Å². The van der Waals surface area contributed by atoms with Crippen molar-refractivity contribution in [3.63, 3.8) is 0 Å². The molecule has 0 aliphatic carbocycles. The topological polar surface area (TPSA) is 51.6 Å². The van der Waals surface area contributed by atoms with Crippen LogP contribution in [0.25, 0.3) is 43.3 Å². The number of nitrogens with zero attached hydrogens (tertiary/aromatic N) is 4. The molecule has 0 saturated heterocycles. The minimum atomic E-state index is -1.47. The van der Waals surface area contributed by atoms with Gasteiger partial charge in [0.05, 0.1) is 32.1 Å². The average Bonchev–Trinajstić information content (AvgIpc) is 3.61. The van der Waals surface area contributed by atoms with E-state index in [0.29, 0.717) is 0 Å². The van der Waals surface area contributed by atoms with E-state index in [1.165, 1.54) is 11.7 Å². The lowest BCUT2D eigenvalue weighted by Gasteiger charge is -2.11. The molecule has 5 heterocycles. The van der Waals surface area contributed by atoms with E-state index < -0.39 is 16.1 Å². The molecule has 0 N–H and O–H groups in total. The molecule has 0 aliphatic rings. The summed E-state index contributed by atoms with van der Waals surface area (Å²) in [6.45, 7) is 13.5. The highest BCUT2D eigenvalue weighted by Crippen LogP contribution is 2.43. The van der Waals surface area contributed by atoms with Crippen molar-refractivity contribution in [2.45, 2.75) is 39.3 Å². The maximum Gasteiger partial charge on any atom is 0.132 e. The molecule has 0 amide bonds. The van der Waals surface area contributed by atoms with E-state index in [1.54, 1.807) is 35.1 Å². The van der Waals surface area contributed by atoms with Crippen LogP contribution in [0.1, 0.15) is 9.75 Å². The van der Waals surface area contributed by atoms with Crippen LogP contribution in [-0.2, 0) is 0 Å². The van der Waals surface area contributed by atoms with Gasteiger partial charge in [-0.2, -0.15) is 8.75 Å². The van der Waals surface area contributed by atoms with E-state index in [-0.39, 0.29) is 0 Å². The molecule has 37 heavy (non-hydrogen) atoms. The third kappa shape index (κ3) is 5.98. The highest BCUT2D eigenvalue weighted by Gasteiger charge is 2.23. The Hall–Kier alpha value is -2.93. The standard InChI is InChI=1S/C28H26N4S3Si2/c1-36(2,3)17-13-20-7-9-22(33-20)24-25(19-11-15-29-16-12-19)30-26(28-27(24)31-35-32-28)23-10-8-21(34-23)14-18-37(4,5)6/h7-12,15-16H,1-6H3. The number of hydrogen-bond donors (Lipinski definition) is 0. The van der Waals surface area contributed by atoms with Crippen molar-refractivity contribution in [1.29, 1.82) is 0 Å². The van der Waals surface area contributed by atoms with E-state index in [4.69, 9.17) is 13.7 Å². The van der Waals surface area contributed by atoms with Gasteiger partial charge in [0.2, 0.25) is 0 Å². The monoisotopic (exact) mass is 570 g/mol. The van der Waals surface area contributed by atoms with Gasteiger partial charge in [-0.05, 0) is 36.4 Å². The van der Waals surface area contributed by atoms with Gasteiger partial charge in [-0.25, -0.2) is 4.98 Å². The first-order chi connectivity index (χ1) is 17.6. The fraction of sp³-hybridized carbons (Fsp3) is 0.214. The maximum absolute atomic E-state index is 5.23. The predicted octanol–water partition coefficient (Wildman–Crippen LogP) is 8.06. The van der Waals surface area contributed by atoms with Gasteiger partial charge < -0.3 is 0 Å². The summed E-state index contributed by atoms with van der Waals surface area (Å²) < 4.78 is 9.47. The normalized spacial score (nSPS) is 11.6. The van der Waals surface area contributed by atoms with Crippen molar-refractivity contribution in [3.05, 3.63) is 58.5 Å². The smallest absolute Gasteiger partial charge is 0.132 e. The van der Waals surface area contributed by atoms with Crippen molar-refractivity contribution in [2.75, 3.05) is 0 Å². The quantitative estimate of drug-likeness (QED) is 0.163. The lowest BCUT2D eigenvalue weighted by molar-refractivity contribution is 1.30. The first-order valence-corrected chi connectivity index (χ1v) is 21.3. The van der Waals surface area contributed by atoms with Crippen LogP contribution >= 0.6 is 34.4 Å². The van der Waals surface area contributed by atoms with E-state index in [2.05, 4.69) is 91.5 Å². The Morgan fingerprint density at radius 3 is 1.84 bits per heavy atom. The first-order valence-electron chi connectivity index (χ1n) is 11.9. The Morgan fingerprint density at radius 1 is 0.649 bits per heavy atom. The Bertz CT molecular complexity index is 1710. The van der Waals surface area contributed by atoms with Gasteiger partial charge in [-0.15, -0.1) is 33.8 Å². The minimum Gasteiger partial charge on any atom is -0.265 e. The third-order valence-electron chi connectivity index (χ3n) is 5.18. The number of pyridine rings is 2. The Kier molecular flexibility index (Phi) is 7.01. The zero-order valence-electron chi connectivity index (χ0n) is 21.6. The number of hydrogen-bond acceptors (Lipinski definition) is 7. The van der Waals surface area contributed by atoms with E-state index >= 15 is 0 Å². The van der Waals surface area contributed by atoms with Crippen LogP contribution in [0.15, 0.2) is 48.8 Å². The molecule has 0 saturated carbocycles. The summed E-state index contributed by atoms with van der Waals surface area (Å²) >= 11 is 4.58. The molecule has 0 aromatic carbocycles. The van der Waals surface area contributed by atoms with Crippen molar-refractivity contribution < 1.29 is 0 Å². The van der Waals surface area contributed by atoms with Crippen LogP contribution < -0.4 is 0 Å². The van der Waals surface area contributed by atoms with Crippen LogP contribution in [0.2, 0.25) is 39.3 Å². The molecule has 0 bridgehead atoms. The van der Waals surface area contributed by atoms with Crippen molar-refractivity contribution in [3.8, 4) is 55.2 Å². The highest BCUT2D eigenvalue weighted by molar-refractivity contribution is 7.16. The van der Waals surface area contributed by atoms with Gasteiger partial charge in [-0.3, -0.25) is 4.98 Å². The minimum absolute atomic E-state index is 0.826. The second-order valence-electron chi connectivity index (χ2n) is 10.7. The molecule has 5 aromatic rings. The molecule has 9 heteroatoms. The summed E-state index contributed by atoms with van der Waals surface area (Å²) in [5.41, 5.74) is 12.4. The first kappa shape index (κ1) is 25.7. The fourth-order valence-corrected chi connectivity index (χ4v) is 7.05. The maximum atomic E-state index is 5.23. The van der Waals surface area contributed by atoms with Crippen LogP contribution in [-0.4, -0.2) is 34.9 Å². The van der Waals surface area contributed by atoms with E-state index in [0.717, 1.165) is 53.1 Å². The SMILES string of the molecule is C[Si](C)(C)C#Cc1ccc(-c2nc(-c3ccncc3)c(-c3ccc(C#C[Si](C)(C)C)s3)c3nsnc23)s1. The Balaban J connectivity index is 1.70. The summed E-state index contributed by atoms with van der Waals surface area (Å²) in [4.78, 5) is 13.7. The summed E-state index contributed by atoms with van der Waals surface area (Å²) in [5, 5.41) is 0. The molecule has 5 aromatic heterocycles. The van der Waals surface area contributed by atoms with Crippen molar-refractivity contribution in [2.24, 2.45) is 0 Å². The molecule has 0 atom stereocenters. The zero-order chi connectivity index (χ0) is 26.2. The number of rotatable bonds is 3. The van der Waals surface area contributed by atoms with Crippen LogP contribution in [0.3, 0.4) is 0 Å². The second-order valence-corrected chi connectivity index (χ2v) is 22.9. The fourth-order valence-electron chi connectivity index (χ4n) is 3.53. The predicted molar refractivity (Wildman–Crippen MR) is 166 cm³/mol. The molecule has 5 rings (SSSR count). The van der Waals surface area contributed by atoms with Crippen LogP contribution in [0.5, 0.6) is 0 Å². The molecule has 0 aliphatic heterocycles. The summed E-state index contributed by atoms with van der Waals surface area (Å²) in [6, 6.07) is 12.4. The number of fused-ring (bicyclic) bond motifs is 1. The molecule has 4 nitrogen and oxygen atoms in total. The molecule has 0 spiro atoms. The van der Waals surface area contributed by atoms with Crippen molar-refractivity contribution >= 4 is 61.6 Å². The largest absolute Gasteiger partial charge is 0.265 e. The lowest BCUT2D eigenvalue weighted by Crippen LogP contribution is -2.16. The van der Waals surface area contributed by atoms with Gasteiger partial charge in [0, 0.05) is 28.4 Å². The van der Waals surface area contributed by atoms with E-state index in [1.807, 2.05) is 12.1 Å². The summed E-state index contributed by atoms with van der Waals surface area (Å²) in [6.07, 6.45) is 3.61. The second kappa shape index (κ2) is 10.1. The molecular formula is C28H26N4S3Si2. The highest BCUT2D eigenvalue weighted by atomic mass is 32.1. The van der Waals surface area contributed by atoms with Gasteiger partial charge in [0.15, 0.2) is 0 Å². The van der Waals surface area contributed by atoms with Gasteiger partial charge in [0.25, 0.3) is 0 Å². The summed E-state index contributed by atoms with van der Waals surface area (Å²) in [7, 11) is -2.93.